The molecule has 0 amide bonds. The number of hydrogen-bond donors (Lipinski definition) is 1. The molecule has 1 heterocycles. The summed E-state index contributed by atoms with van der Waals surface area (Å²) in [5.74, 6) is -0.362. The predicted octanol–water partition coefficient (Wildman–Crippen LogP) is 2.73. The molecule has 1 aromatic heterocycles. The summed E-state index contributed by atoms with van der Waals surface area (Å²) < 4.78 is 5.55. The average Bonchev–Trinajstić information content (AvgIpc) is 2.80. The summed E-state index contributed by atoms with van der Waals surface area (Å²) in [4.78, 5) is 15.0. The van der Waals surface area contributed by atoms with E-state index < -0.39 is 5.97 Å². The molecule has 2 rings (SSSR count). The molecular weight excluding hydrogens is 238 g/mol. The predicted molar refractivity (Wildman–Crippen MR) is 64.6 cm³/mol. The number of nitrogens with zero attached hydrogens (tertiary/aromatic N) is 1. The van der Waals surface area contributed by atoms with E-state index in [-0.39, 0.29) is 5.56 Å². The van der Waals surface area contributed by atoms with Gasteiger partial charge in [-0.2, -0.15) is 0 Å². The fourth-order valence-electron chi connectivity index (χ4n) is 1.46. The van der Waals surface area contributed by atoms with Gasteiger partial charge in [0.2, 0.25) is 0 Å². The minimum Gasteiger partial charge on any atom is -0.487 e. The van der Waals surface area contributed by atoms with E-state index >= 15 is 0 Å². The molecule has 2 aromatic rings. The van der Waals surface area contributed by atoms with E-state index in [0.717, 1.165) is 5.69 Å². The highest BCUT2D eigenvalue weighted by atomic mass is 32.1. The Labute approximate surface area is 103 Å². The van der Waals surface area contributed by atoms with Gasteiger partial charge in [-0.05, 0) is 19.1 Å². The molecular formula is C12H11NO3S. The third-order valence-corrected chi connectivity index (χ3v) is 3.01. The molecule has 0 unspecified atom stereocenters. The second-order valence-electron chi connectivity index (χ2n) is 3.50. The van der Waals surface area contributed by atoms with Crippen molar-refractivity contribution < 1.29 is 14.6 Å². The Morgan fingerprint density at radius 2 is 2.35 bits per heavy atom. The van der Waals surface area contributed by atoms with Crippen molar-refractivity contribution in [2.75, 3.05) is 0 Å². The molecule has 0 saturated heterocycles. The van der Waals surface area contributed by atoms with E-state index in [1.54, 1.807) is 30.6 Å². The molecule has 4 nitrogen and oxygen atoms in total. The second kappa shape index (κ2) is 4.97. The minimum absolute atomic E-state index is 0.265. The summed E-state index contributed by atoms with van der Waals surface area (Å²) in [5.41, 5.74) is 3.48. The number of aromatic nitrogens is 1. The van der Waals surface area contributed by atoms with E-state index in [1.165, 1.54) is 11.3 Å². The first-order valence-corrected chi connectivity index (χ1v) is 5.95. The van der Waals surface area contributed by atoms with Crippen LogP contribution in [0.5, 0.6) is 5.75 Å². The lowest BCUT2D eigenvalue weighted by Gasteiger charge is -2.09. The van der Waals surface area contributed by atoms with Crippen molar-refractivity contribution in [1.29, 1.82) is 0 Å². The van der Waals surface area contributed by atoms with Crippen molar-refractivity contribution in [2.45, 2.75) is 13.5 Å². The number of ether oxygens (including phenoxy) is 1. The van der Waals surface area contributed by atoms with Gasteiger partial charge in [0.05, 0.1) is 16.8 Å². The Morgan fingerprint density at radius 3 is 3.00 bits per heavy atom. The Bertz CT molecular complexity index is 523. The molecule has 1 aromatic carbocycles. The largest absolute Gasteiger partial charge is 0.487 e. The van der Waals surface area contributed by atoms with Gasteiger partial charge in [-0.25, -0.2) is 9.78 Å². The number of thiazole rings is 1. The SMILES string of the molecule is Cc1c(OCc2cscn2)cccc1C(=O)O. The van der Waals surface area contributed by atoms with Gasteiger partial charge >= 0.3 is 5.97 Å². The van der Waals surface area contributed by atoms with Crippen molar-refractivity contribution in [1.82, 2.24) is 4.98 Å². The van der Waals surface area contributed by atoms with Gasteiger partial charge in [-0.15, -0.1) is 11.3 Å². The van der Waals surface area contributed by atoms with Crippen LogP contribution in [-0.2, 0) is 6.61 Å². The highest BCUT2D eigenvalue weighted by Gasteiger charge is 2.10. The summed E-state index contributed by atoms with van der Waals surface area (Å²) in [6.45, 7) is 2.09. The number of aromatic carboxylic acids is 1. The van der Waals surface area contributed by atoms with Gasteiger partial charge in [0, 0.05) is 10.9 Å². The number of carboxylic acid groups (broad SMARTS) is 1. The topological polar surface area (TPSA) is 59.4 Å². The van der Waals surface area contributed by atoms with Crippen LogP contribution in [0.1, 0.15) is 21.6 Å². The zero-order valence-corrected chi connectivity index (χ0v) is 10.0. The molecule has 5 heteroatoms. The third kappa shape index (κ3) is 2.62. The van der Waals surface area contributed by atoms with Crippen molar-refractivity contribution in [3.63, 3.8) is 0 Å². The van der Waals surface area contributed by atoms with Crippen molar-refractivity contribution in [2.24, 2.45) is 0 Å². The molecule has 0 aliphatic carbocycles. The summed E-state index contributed by atoms with van der Waals surface area (Å²) in [5, 5.41) is 10.9. The van der Waals surface area contributed by atoms with Crippen LogP contribution in [0, 0.1) is 6.92 Å². The van der Waals surface area contributed by atoms with E-state index in [0.29, 0.717) is 17.9 Å². The van der Waals surface area contributed by atoms with E-state index in [2.05, 4.69) is 4.98 Å². The molecule has 17 heavy (non-hydrogen) atoms. The monoisotopic (exact) mass is 249 g/mol. The summed E-state index contributed by atoms with van der Waals surface area (Å²) in [6, 6.07) is 4.99. The first kappa shape index (κ1) is 11.6. The molecule has 0 aliphatic heterocycles. The molecule has 0 atom stereocenters. The molecule has 0 spiro atoms. The average molecular weight is 249 g/mol. The minimum atomic E-state index is -0.943. The smallest absolute Gasteiger partial charge is 0.336 e. The Hall–Kier alpha value is -1.88. The van der Waals surface area contributed by atoms with Crippen molar-refractivity contribution in [3.8, 4) is 5.75 Å². The van der Waals surface area contributed by atoms with Crippen LogP contribution >= 0.6 is 11.3 Å². The number of benzene rings is 1. The van der Waals surface area contributed by atoms with E-state index in [1.807, 2.05) is 5.38 Å². The van der Waals surface area contributed by atoms with Gasteiger partial charge in [0.25, 0.3) is 0 Å². The fourth-order valence-corrected chi connectivity index (χ4v) is 2.01. The lowest BCUT2D eigenvalue weighted by Crippen LogP contribution is -2.03. The van der Waals surface area contributed by atoms with Crippen LogP contribution < -0.4 is 4.74 Å². The number of rotatable bonds is 4. The highest BCUT2D eigenvalue weighted by molar-refractivity contribution is 7.07. The van der Waals surface area contributed by atoms with Gasteiger partial charge in [-0.3, -0.25) is 0 Å². The normalized spacial score (nSPS) is 10.2. The van der Waals surface area contributed by atoms with E-state index in [4.69, 9.17) is 9.84 Å². The maximum absolute atomic E-state index is 10.9. The lowest BCUT2D eigenvalue weighted by molar-refractivity contribution is 0.0695. The summed E-state index contributed by atoms with van der Waals surface area (Å²) in [6.07, 6.45) is 0. The molecule has 0 radical (unpaired) electrons. The van der Waals surface area contributed by atoms with Crippen LogP contribution in [-0.4, -0.2) is 16.1 Å². The van der Waals surface area contributed by atoms with Crippen LogP contribution in [0.15, 0.2) is 29.1 Å². The maximum Gasteiger partial charge on any atom is 0.336 e. The maximum atomic E-state index is 10.9. The molecule has 1 N–H and O–H groups in total. The van der Waals surface area contributed by atoms with Crippen LogP contribution in [0.25, 0.3) is 0 Å². The third-order valence-electron chi connectivity index (χ3n) is 2.37. The van der Waals surface area contributed by atoms with Crippen LogP contribution in [0.4, 0.5) is 0 Å². The van der Waals surface area contributed by atoms with E-state index in [9.17, 15) is 4.79 Å². The zero-order chi connectivity index (χ0) is 12.3. The highest BCUT2D eigenvalue weighted by Crippen LogP contribution is 2.22. The summed E-state index contributed by atoms with van der Waals surface area (Å²) in [7, 11) is 0. The lowest BCUT2D eigenvalue weighted by atomic mass is 10.1. The number of hydrogen-bond acceptors (Lipinski definition) is 4. The van der Waals surface area contributed by atoms with Gasteiger partial charge < -0.3 is 9.84 Å². The second-order valence-corrected chi connectivity index (χ2v) is 4.22. The Balaban J connectivity index is 2.16. The van der Waals surface area contributed by atoms with Gasteiger partial charge in [0.1, 0.15) is 12.4 Å². The van der Waals surface area contributed by atoms with Crippen molar-refractivity contribution in [3.05, 3.63) is 45.9 Å². The van der Waals surface area contributed by atoms with Gasteiger partial charge in [-0.1, -0.05) is 6.07 Å². The zero-order valence-electron chi connectivity index (χ0n) is 9.21. The first-order valence-electron chi connectivity index (χ1n) is 5.01. The molecule has 0 aliphatic rings. The fraction of sp³-hybridized carbons (Fsp3) is 0.167. The Morgan fingerprint density at radius 1 is 1.53 bits per heavy atom. The molecule has 88 valence electrons. The molecule has 0 bridgehead atoms. The molecule has 0 saturated carbocycles. The van der Waals surface area contributed by atoms with Gasteiger partial charge in [0.15, 0.2) is 0 Å². The molecule has 0 fully saturated rings. The van der Waals surface area contributed by atoms with Crippen LogP contribution in [0.3, 0.4) is 0 Å². The van der Waals surface area contributed by atoms with Crippen LogP contribution in [0.2, 0.25) is 0 Å². The first-order chi connectivity index (χ1) is 8.18. The van der Waals surface area contributed by atoms with Crippen molar-refractivity contribution >= 4 is 17.3 Å². The number of carboxylic acids is 1. The quantitative estimate of drug-likeness (QED) is 0.905. The standard InChI is InChI=1S/C12H11NO3S/c1-8-10(12(14)15)3-2-4-11(8)16-5-9-6-17-7-13-9/h2-4,6-7H,5H2,1H3,(H,14,15). The summed E-state index contributed by atoms with van der Waals surface area (Å²) >= 11 is 1.50. The number of carbonyl (C=O) groups is 1. The Kier molecular flexibility index (Phi) is 3.39.